The minimum absolute atomic E-state index is 0.176. The van der Waals surface area contributed by atoms with Crippen molar-refractivity contribution in [3.63, 3.8) is 0 Å². The fraction of sp³-hybridized carbons (Fsp3) is 0.278. The number of methoxy groups -OCH3 is 2. The van der Waals surface area contributed by atoms with Crippen LogP contribution in [0.1, 0.15) is 15.9 Å². The number of sulfone groups is 1. The third-order valence-corrected chi connectivity index (χ3v) is 5.23. The van der Waals surface area contributed by atoms with Gasteiger partial charge in [0.2, 0.25) is 9.84 Å². The number of rotatable bonds is 8. The van der Waals surface area contributed by atoms with Crippen molar-refractivity contribution in [2.45, 2.75) is 17.1 Å². The summed E-state index contributed by atoms with van der Waals surface area (Å²) in [6.45, 7) is 0.325. The number of alkyl halides is 2. The van der Waals surface area contributed by atoms with Gasteiger partial charge in [0.05, 0.1) is 19.1 Å². The van der Waals surface area contributed by atoms with Crippen LogP contribution in [-0.4, -0.2) is 40.8 Å². The van der Waals surface area contributed by atoms with Crippen LogP contribution in [0.15, 0.2) is 47.4 Å². The number of benzene rings is 2. The lowest BCUT2D eigenvalue weighted by Gasteiger charge is -2.10. The van der Waals surface area contributed by atoms with Crippen LogP contribution in [0.5, 0.6) is 11.5 Å². The third kappa shape index (κ3) is 4.94. The van der Waals surface area contributed by atoms with E-state index in [9.17, 15) is 22.0 Å². The van der Waals surface area contributed by atoms with Gasteiger partial charge in [-0.25, -0.2) is 8.42 Å². The van der Waals surface area contributed by atoms with Crippen LogP contribution < -0.4 is 14.8 Å². The Hall–Kier alpha value is -2.68. The molecule has 0 bridgehead atoms. The average Bonchev–Trinajstić information content (AvgIpc) is 2.67. The summed E-state index contributed by atoms with van der Waals surface area (Å²) in [6.07, 6.45) is 0.532. The fourth-order valence-corrected chi connectivity index (χ4v) is 3.08. The van der Waals surface area contributed by atoms with E-state index in [1.807, 2.05) is 6.07 Å². The van der Waals surface area contributed by atoms with Gasteiger partial charge in [-0.3, -0.25) is 4.79 Å². The molecule has 0 saturated carbocycles. The second-order valence-electron chi connectivity index (χ2n) is 5.53. The van der Waals surface area contributed by atoms with Crippen molar-refractivity contribution in [3.05, 3.63) is 53.6 Å². The van der Waals surface area contributed by atoms with E-state index in [4.69, 9.17) is 9.47 Å². The average molecular weight is 399 g/mol. The molecule has 0 unspecified atom stereocenters. The van der Waals surface area contributed by atoms with Gasteiger partial charge in [0.1, 0.15) is 0 Å². The number of hydrogen-bond donors (Lipinski definition) is 1. The first kappa shape index (κ1) is 20.6. The predicted molar refractivity (Wildman–Crippen MR) is 95.2 cm³/mol. The highest BCUT2D eigenvalue weighted by atomic mass is 32.2. The molecule has 0 spiro atoms. The minimum Gasteiger partial charge on any atom is -0.493 e. The van der Waals surface area contributed by atoms with E-state index in [1.165, 1.54) is 26.4 Å². The number of amides is 1. The van der Waals surface area contributed by atoms with Gasteiger partial charge in [-0.05, 0) is 48.4 Å². The number of nitrogens with one attached hydrogen (secondary N) is 1. The van der Waals surface area contributed by atoms with Crippen LogP contribution in [0, 0.1) is 0 Å². The first-order chi connectivity index (χ1) is 12.8. The largest absolute Gasteiger partial charge is 0.493 e. The standard InChI is InChI=1S/C18H19F2NO5S/c1-25-15-8-3-12(11-16(15)26-2)9-10-21-17(22)13-4-6-14(7-5-13)27(23,24)18(19)20/h3-8,11,18H,9-10H2,1-2H3,(H,21,22). The van der Waals surface area contributed by atoms with E-state index in [0.717, 1.165) is 17.7 Å². The third-order valence-electron chi connectivity index (χ3n) is 3.83. The molecule has 2 aromatic rings. The summed E-state index contributed by atoms with van der Waals surface area (Å²) in [5.41, 5.74) is 1.10. The van der Waals surface area contributed by atoms with E-state index in [0.29, 0.717) is 24.5 Å². The van der Waals surface area contributed by atoms with Gasteiger partial charge in [0.15, 0.2) is 11.5 Å². The van der Waals surface area contributed by atoms with E-state index in [1.54, 1.807) is 12.1 Å². The summed E-state index contributed by atoms with van der Waals surface area (Å²) in [4.78, 5) is 11.6. The molecule has 1 N–H and O–H groups in total. The second kappa shape index (κ2) is 8.81. The Kier molecular flexibility index (Phi) is 6.73. The summed E-state index contributed by atoms with van der Waals surface area (Å²) >= 11 is 0. The molecule has 27 heavy (non-hydrogen) atoms. The highest BCUT2D eigenvalue weighted by molar-refractivity contribution is 7.91. The van der Waals surface area contributed by atoms with E-state index in [-0.39, 0.29) is 5.56 Å². The first-order valence-electron chi connectivity index (χ1n) is 7.90. The summed E-state index contributed by atoms with van der Waals surface area (Å²) in [6, 6.07) is 9.78. The Bertz CT molecular complexity index is 898. The summed E-state index contributed by atoms with van der Waals surface area (Å²) in [7, 11) is -1.61. The SMILES string of the molecule is COc1ccc(CCNC(=O)c2ccc(S(=O)(=O)C(F)F)cc2)cc1OC. The molecule has 0 aromatic heterocycles. The molecule has 0 aliphatic heterocycles. The summed E-state index contributed by atoms with van der Waals surface area (Å²) in [5.74, 6) is -2.75. The number of carbonyl (C=O) groups is 1. The van der Waals surface area contributed by atoms with Gasteiger partial charge in [-0.2, -0.15) is 8.78 Å². The van der Waals surface area contributed by atoms with Crippen molar-refractivity contribution in [2.24, 2.45) is 0 Å². The Morgan fingerprint density at radius 3 is 2.22 bits per heavy atom. The summed E-state index contributed by atoms with van der Waals surface area (Å²) < 4.78 is 58.1. The Morgan fingerprint density at radius 1 is 1.04 bits per heavy atom. The second-order valence-corrected chi connectivity index (χ2v) is 7.44. The molecule has 146 valence electrons. The minimum atomic E-state index is -4.67. The lowest BCUT2D eigenvalue weighted by molar-refractivity contribution is 0.0954. The van der Waals surface area contributed by atoms with Gasteiger partial charge in [-0.1, -0.05) is 6.07 Å². The molecule has 2 rings (SSSR count). The zero-order chi connectivity index (χ0) is 20.0. The lowest BCUT2D eigenvalue weighted by Crippen LogP contribution is -2.25. The zero-order valence-corrected chi connectivity index (χ0v) is 15.6. The molecule has 0 atom stereocenters. The van der Waals surface area contributed by atoms with E-state index >= 15 is 0 Å². The topological polar surface area (TPSA) is 81.7 Å². The van der Waals surface area contributed by atoms with E-state index in [2.05, 4.69) is 5.32 Å². The fourth-order valence-electron chi connectivity index (χ4n) is 2.36. The molecular formula is C18H19F2NO5S. The van der Waals surface area contributed by atoms with Crippen LogP contribution in [0.2, 0.25) is 0 Å². The van der Waals surface area contributed by atoms with Crippen LogP contribution in [-0.2, 0) is 16.3 Å². The molecule has 1 amide bonds. The van der Waals surface area contributed by atoms with Gasteiger partial charge in [-0.15, -0.1) is 0 Å². The van der Waals surface area contributed by atoms with Crippen LogP contribution in [0.4, 0.5) is 8.78 Å². The molecule has 0 heterocycles. The maximum absolute atomic E-state index is 12.5. The molecule has 9 heteroatoms. The van der Waals surface area contributed by atoms with Crippen LogP contribution >= 0.6 is 0 Å². The van der Waals surface area contributed by atoms with Crippen molar-refractivity contribution in [3.8, 4) is 11.5 Å². The van der Waals surface area contributed by atoms with Gasteiger partial charge in [0.25, 0.3) is 5.91 Å². The monoisotopic (exact) mass is 399 g/mol. The molecule has 0 fully saturated rings. The molecular weight excluding hydrogens is 380 g/mol. The maximum atomic E-state index is 12.5. The molecule has 0 aliphatic carbocycles. The number of hydrogen-bond acceptors (Lipinski definition) is 5. The van der Waals surface area contributed by atoms with E-state index < -0.39 is 26.4 Å². The van der Waals surface area contributed by atoms with Crippen LogP contribution in [0.25, 0.3) is 0 Å². The maximum Gasteiger partial charge on any atom is 0.341 e. The number of halogens is 2. The van der Waals surface area contributed by atoms with Gasteiger partial charge >= 0.3 is 5.76 Å². The van der Waals surface area contributed by atoms with Crippen molar-refractivity contribution in [2.75, 3.05) is 20.8 Å². The van der Waals surface area contributed by atoms with Gasteiger partial charge in [0, 0.05) is 12.1 Å². The molecule has 0 aliphatic rings. The zero-order valence-electron chi connectivity index (χ0n) is 14.7. The Morgan fingerprint density at radius 2 is 1.67 bits per heavy atom. The first-order valence-corrected chi connectivity index (χ1v) is 9.45. The predicted octanol–water partition coefficient (Wildman–Crippen LogP) is 2.67. The summed E-state index contributed by atoms with van der Waals surface area (Å²) in [5, 5.41) is 2.69. The number of ether oxygens (including phenoxy) is 2. The normalized spacial score (nSPS) is 11.3. The molecule has 0 saturated heterocycles. The highest BCUT2D eigenvalue weighted by Gasteiger charge is 2.26. The Labute approximate surface area is 156 Å². The van der Waals surface area contributed by atoms with Crippen molar-refractivity contribution < 1.29 is 31.5 Å². The van der Waals surface area contributed by atoms with Crippen molar-refractivity contribution in [1.82, 2.24) is 5.32 Å². The quantitative estimate of drug-likeness (QED) is 0.738. The molecule has 2 aromatic carbocycles. The smallest absolute Gasteiger partial charge is 0.341 e. The lowest BCUT2D eigenvalue weighted by atomic mass is 10.1. The highest BCUT2D eigenvalue weighted by Crippen LogP contribution is 2.27. The van der Waals surface area contributed by atoms with Gasteiger partial charge < -0.3 is 14.8 Å². The molecule has 0 radical (unpaired) electrons. The molecule has 6 nitrogen and oxygen atoms in total. The van der Waals surface area contributed by atoms with Crippen LogP contribution in [0.3, 0.4) is 0 Å². The van der Waals surface area contributed by atoms with Crippen molar-refractivity contribution in [1.29, 1.82) is 0 Å². The number of carbonyl (C=O) groups excluding carboxylic acids is 1. The Balaban J connectivity index is 1.96. The van der Waals surface area contributed by atoms with Crippen molar-refractivity contribution >= 4 is 15.7 Å².